The van der Waals surface area contributed by atoms with Crippen molar-refractivity contribution in [2.24, 2.45) is 5.92 Å². The monoisotopic (exact) mass is 461 g/mol. The van der Waals surface area contributed by atoms with Crippen LogP contribution in [0.3, 0.4) is 0 Å². The first-order valence-corrected chi connectivity index (χ1v) is 11.3. The van der Waals surface area contributed by atoms with Gasteiger partial charge < -0.3 is 15.4 Å². The van der Waals surface area contributed by atoms with E-state index >= 15 is 0 Å². The van der Waals surface area contributed by atoms with Crippen molar-refractivity contribution in [1.29, 1.82) is 0 Å². The summed E-state index contributed by atoms with van der Waals surface area (Å²) in [6.07, 6.45) is 4.01. The molecule has 2 aliphatic rings. The Bertz CT molecular complexity index is 1020. The first kappa shape index (κ1) is 21.9. The molecule has 1 aromatic carbocycles. The van der Waals surface area contributed by atoms with Crippen molar-refractivity contribution in [2.45, 2.75) is 51.0 Å². The Labute approximate surface area is 191 Å². The summed E-state index contributed by atoms with van der Waals surface area (Å²) in [5, 5.41) is 6.76. The van der Waals surface area contributed by atoms with Crippen molar-refractivity contribution in [3.8, 4) is 5.88 Å². The van der Waals surface area contributed by atoms with E-state index in [0.29, 0.717) is 59.6 Å². The number of anilines is 1. The summed E-state index contributed by atoms with van der Waals surface area (Å²) in [5.41, 5.74) is 1.62. The third-order valence-corrected chi connectivity index (χ3v) is 6.47. The van der Waals surface area contributed by atoms with Gasteiger partial charge in [0.15, 0.2) is 0 Å². The highest BCUT2D eigenvalue weighted by Gasteiger charge is 2.49. The summed E-state index contributed by atoms with van der Waals surface area (Å²) in [6.45, 7) is 4.71. The van der Waals surface area contributed by atoms with Crippen molar-refractivity contribution in [2.75, 3.05) is 11.9 Å². The van der Waals surface area contributed by atoms with Gasteiger partial charge in [0.1, 0.15) is 11.1 Å². The Morgan fingerprint density at radius 3 is 2.71 bits per heavy atom. The number of nitrogens with one attached hydrogen (secondary N) is 2. The van der Waals surface area contributed by atoms with Crippen LogP contribution >= 0.6 is 23.2 Å². The molecule has 2 heterocycles. The maximum absolute atomic E-state index is 13.0. The number of rotatable bonds is 5. The van der Waals surface area contributed by atoms with E-state index in [0.717, 1.165) is 11.3 Å². The van der Waals surface area contributed by atoms with Crippen LogP contribution in [0.1, 0.15) is 55.5 Å². The predicted octanol–water partition coefficient (Wildman–Crippen LogP) is 4.99. The summed E-state index contributed by atoms with van der Waals surface area (Å²) in [4.78, 5) is 29.7. The molecule has 1 fully saturated rings. The molecule has 1 aliphatic heterocycles. The molecular weight excluding hydrogens is 437 g/mol. The lowest BCUT2D eigenvalue weighted by Crippen LogP contribution is -2.41. The molecule has 0 unspecified atom stereocenters. The van der Waals surface area contributed by atoms with Crippen molar-refractivity contribution in [1.82, 2.24) is 10.3 Å². The van der Waals surface area contributed by atoms with E-state index in [-0.39, 0.29) is 17.9 Å². The van der Waals surface area contributed by atoms with Gasteiger partial charge in [-0.3, -0.25) is 9.59 Å². The molecule has 2 N–H and O–H groups in total. The zero-order valence-corrected chi connectivity index (χ0v) is 19.0. The Kier molecular flexibility index (Phi) is 6.13. The Hall–Kier alpha value is -2.31. The number of ether oxygens (including phenoxy) is 1. The topological polar surface area (TPSA) is 80.3 Å². The van der Waals surface area contributed by atoms with Crippen molar-refractivity contribution < 1.29 is 14.3 Å². The molecule has 164 valence electrons. The number of nitrogens with zero attached hydrogens (tertiary/aromatic N) is 1. The van der Waals surface area contributed by atoms with Gasteiger partial charge in [-0.15, -0.1) is 0 Å². The third-order valence-electron chi connectivity index (χ3n) is 5.99. The van der Waals surface area contributed by atoms with Crippen LogP contribution in [0.15, 0.2) is 30.5 Å². The number of carbonyl (C=O) groups is 2. The molecule has 0 radical (unpaired) electrons. The van der Waals surface area contributed by atoms with Crippen LogP contribution in [0.4, 0.5) is 5.69 Å². The molecule has 31 heavy (non-hydrogen) atoms. The third kappa shape index (κ3) is 4.37. The van der Waals surface area contributed by atoms with Crippen molar-refractivity contribution in [3.05, 3.63) is 51.6 Å². The van der Waals surface area contributed by atoms with Crippen molar-refractivity contribution in [3.63, 3.8) is 0 Å². The Morgan fingerprint density at radius 1 is 1.29 bits per heavy atom. The van der Waals surface area contributed by atoms with Gasteiger partial charge in [-0.05, 0) is 61.4 Å². The average molecular weight is 462 g/mol. The molecule has 8 heteroatoms. The number of halogens is 2. The molecule has 0 saturated heterocycles. The van der Waals surface area contributed by atoms with Gasteiger partial charge in [-0.2, -0.15) is 0 Å². The van der Waals surface area contributed by atoms with Crippen LogP contribution in [-0.2, 0) is 10.2 Å². The number of hydrogen-bond acceptors (Lipinski definition) is 4. The molecule has 2 aromatic rings. The lowest BCUT2D eigenvalue weighted by Gasteiger charge is -2.35. The molecule has 1 spiro atoms. The van der Waals surface area contributed by atoms with E-state index in [2.05, 4.69) is 15.6 Å². The van der Waals surface area contributed by atoms with E-state index in [1.165, 1.54) is 6.20 Å². The number of pyridine rings is 1. The number of amides is 2. The lowest BCUT2D eigenvalue weighted by molar-refractivity contribution is -0.122. The normalized spacial score (nSPS) is 22.4. The quantitative estimate of drug-likeness (QED) is 0.657. The molecule has 1 aliphatic carbocycles. The summed E-state index contributed by atoms with van der Waals surface area (Å²) < 4.78 is 5.99. The molecule has 1 saturated carbocycles. The second kappa shape index (κ2) is 8.67. The molecule has 6 nitrogen and oxygen atoms in total. The predicted molar refractivity (Wildman–Crippen MR) is 121 cm³/mol. The number of fused-ring (bicyclic) bond motifs is 2. The Morgan fingerprint density at radius 2 is 2.03 bits per heavy atom. The van der Waals surface area contributed by atoms with E-state index in [9.17, 15) is 9.59 Å². The van der Waals surface area contributed by atoms with Gasteiger partial charge in [0.05, 0.1) is 10.4 Å². The van der Waals surface area contributed by atoms with Crippen molar-refractivity contribution >= 4 is 40.7 Å². The fraction of sp³-hybridized carbons (Fsp3) is 0.435. The van der Waals surface area contributed by atoms with Gasteiger partial charge in [-0.1, -0.05) is 37.0 Å². The van der Waals surface area contributed by atoms with Gasteiger partial charge in [0, 0.05) is 24.0 Å². The molecule has 0 bridgehead atoms. The van der Waals surface area contributed by atoms with E-state index in [4.69, 9.17) is 27.9 Å². The number of carbonyl (C=O) groups excluding carboxylic acids is 2. The highest BCUT2D eigenvalue weighted by Crippen LogP contribution is 2.48. The first-order valence-electron chi connectivity index (χ1n) is 10.5. The fourth-order valence-electron chi connectivity index (χ4n) is 4.30. The van der Waals surface area contributed by atoms with E-state index in [1.807, 2.05) is 26.0 Å². The average Bonchev–Trinajstić information content (AvgIpc) is 3.00. The maximum Gasteiger partial charge on any atom is 0.251 e. The lowest BCUT2D eigenvalue weighted by atomic mass is 9.69. The second-order valence-corrected chi connectivity index (χ2v) is 9.50. The zero-order chi connectivity index (χ0) is 22.2. The molecular formula is C23H25Cl2N3O3. The number of aromatic nitrogens is 1. The summed E-state index contributed by atoms with van der Waals surface area (Å²) in [7, 11) is 0. The molecule has 2 amide bonds. The van der Waals surface area contributed by atoms with Gasteiger partial charge in [0.25, 0.3) is 5.91 Å². The summed E-state index contributed by atoms with van der Waals surface area (Å²) >= 11 is 12.1. The van der Waals surface area contributed by atoms with E-state index < -0.39 is 5.41 Å². The van der Waals surface area contributed by atoms with Crippen LogP contribution in [-0.4, -0.2) is 29.4 Å². The Balaban J connectivity index is 1.50. The minimum Gasteiger partial charge on any atom is -0.473 e. The zero-order valence-electron chi connectivity index (χ0n) is 17.5. The van der Waals surface area contributed by atoms with Gasteiger partial charge in [0.2, 0.25) is 11.8 Å². The van der Waals surface area contributed by atoms with Crippen LogP contribution in [0.25, 0.3) is 0 Å². The smallest absolute Gasteiger partial charge is 0.251 e. The van der Waals surface area contributed by atoms with Crippen LogP contribution in [0.2, 0.25) is 10.0 Å². The molecule has 1 aromatic heterocycles. The number of hydrogen-bond donors (Lipinski definition) is 2. The fourth-order valence-corrected chi connectivity index (χ4v) is 4.72. The largest absolute Gasteiger partial charge is 0.473 e. The minimum atomic E-state index is -0.638. The highest BCUT2D eigenvalue weighted by atomic mass is 35.5. The van der Waals surface area contributed by atoms with E-state index in [1.54, 1.807) is 12.1 Å². The summed E-state index contributed by atoms with van der Waals surface area (Å²) in [6, 6.07) is 7.05. The number of benzene rings is 1. The van der Waals surface area contributed by atoms with Crippen LogP contribution < -0.4 is 15.4 Å². The molecule has 4 rings (SSSR count). The highest BCUT2D eigenvalue weighted by molar-refractivity contribution is 6.35. The van der Waals surface area contributed by atoms with Crippen LogP contribution in [0, 0.1) is 5.92 Å². The molecule has 0 atom stereocenters. The SMILES string of the molecule is CC(C)CNC(=O)c1ccc2c(c1)C1(CCC(Oc3ncc(Cl)cc3Cl)CC1)C(=O)N2. The van der Waals surface area contributed by atoms with Crippen LogP contribution in [0.5, 0.6) is 5.88 Å². The standard InChI is InChI=1S/C23H25Cl2N3O3/c1-13(2)11-26-20(29)14-3-4-19-17(9-14)23(22(30)28-19)7-5-16(6-8-23)31-21-18(25)10-15(24)12-27-21/h3-4,9-10,12-13,16H,5-8,11H2,1-2H3,(H,26,29)(H,28,30). The van der Waals surface area contributed by atoms with Gasteiger partial charge in [-0.25, -0.2) is 4.98 Å². The minimum absolute atomic E-state index is 0.0108. The maximum atomic E-state index is 13.0. The van der Waals surface area contributed by atoms with Gasteiger partial charge >= 0.3 is 0 Å². The second-order valence-electron chi connectivity index (χ2n) is 8.66. The first-order chi connectivity index (χ1) is 14.8. The summed E-state index contributed by atoms with van der Waals surface area (Å²) in [5.74, 6) is 0.592.